The number of benzene rings is 2. The van der Waals surface area contributed by atoms with E-state index in [2.05, 4.69) is 10.3 Å². The predicted octanol–water partition coefficient (Wildman–Crippen LogP) is 5.83. The van der Waals surface area contributed by atoms with Gasteiger partial charge >= 0.3 is 6.18 Å². The number of hydrogen-bond donors (Lipinski definition) is 0. The summed E-state index contributed by atoms with van der Waals surface area (Å²) >= 11 is 0. The molecule has 0 atom stereocenters. The van der Waals surface area contributed by atoms with Crippen LogP contribution in [0.5, 0.6) is 5.75 Å². The van der Waals surface area contributed by atoms with E-state index in [0.29, 0.717) is 36.0 Å². The summed E-state index contributed by atoms with van der Waals surface area (Å²) in [6.45, 7) is 6.51. The van der Waals surface area contributed by atoms with E-state index in [9.17, 15) is 13.2 Å². The van der Waals surface area contributed by atoms with Crippen molar-refractivity contribution in [1.29, 1.82) is 0 Å². The van der Waals surface area contributed by atoms with Crippen molar-refractivity contribution in [1.82, 2.24) is 0 Å². The van der Waals surface area contributed by atoms with Gasteiger partial charge in [-0.25, -0.2) is 0 Å². The lowest BCUT2D eigenvalue weighted by Gasteiger charge is -2.11. The van der Waals surface area contributed by atoms with Crippen molar-refractivity contribution in [2.24, 2.45) is 10.3 Å². The highest BCUT2D eigenvalue weighted by Gasteiger charge is 2.30. The van der Waals surface area contributed by atoms with Crippen LogP contribution in [0.15, 0.2) is 58.8 Å². The largest absolute Gasteiger partial charge is 0.489 e. The van der Waals surface area contributed by atoms with Crippen LogP contribution in [0, 0.1) is 0 Å². The van der Waals surface area contributed by atoms with Gasteiger partial charge in [-0.2, -0.15) is 13.2 Å². The third-order valence-corrected chi connectivity index (χ3v) is 3.91. The topological polar surface area (TPSA) is 52.4 Å². The summed E-state index contributed by atoms with van der Waals surface area (Å²) in [5.41, 5.74) is 1.57. The van der Waals surface area contributed by atoms with Crippen LogP contribution in [0.4, 0.5) is 13.2 Å². The second-order valence-electron chi connectivity index (χ2n) is 6.38. The fourth-order valence-corrected chi connectivity index (χ4v) is 2.45. The van der Waals surface area contributed by atoms with Gasteiger partial charge in [0, 0.05) is 5.56 Å². The smallest absolute Gasteiger partial charge is 0.416 e. The second kappa shape index (κ2) is 11.2. The molecular weight excluding hydrogens is 397 g/mol. The lowest BCUT2D eigenvalue weighted by atomic mass is 10.1. The summed E-state index contributed by atoms with van der Waals surface area (Å²) < 4.78 is 44.1. The molecule has 0 unspecified atom stereocenters. The lowest BCUT2D eigenvalue weighted by Crippen LogP contribution is -2.14. The van der Waals surface area contributed by atoms with Gasteiger partial charge in [-0.3, -0.25) is 0 Å². The molecule has 8 heteroatoms. The highest BCUT2D eigenvalue weighted by molar-refractivity contribution is 6.47. The quantitative estimate of drug-likeness (QED) is 0.275. The molecule has 2 aromatic carbocycles. The molecule has 30 heavy (non-hydrogen) atoms. The zero-order valence-corrected chi connectivity index (χ0v) is 17.2. The van der Waals surface area contributed by atoms with Gasteiger partial charge < -0.3 is 14.4 Å². The van der Waals surface area contributed by atoms with E-state index in [4.69, 9.17) is 14.4 Å². The first-order valence-corrected chi connectivity index (χ1v) is 9.61. The van der Waals surface area contributed by atoms with E-state index < -0.39 is 11.7 Å². The Balaban J connectivity index is 2.09. The maximum absolute atomic E-state index is 12.8. The zero-order chi connectivity index (χ0) is 22.0. The van der Waals surface area contributed by atoms with Crippen LogP contribution in [-0.4, -0.2) is 24.6 Å². The Bertz CT molecular complexity index is 863. The van der Waals surface area contributed by atoms with Crippen LogP contribution in [0.25, 0.3) is 0 Å². The van der Waals surface area contributed by atoms with Crippen molar-refractivity contribution in [2.75, 3.05) is 13.2 Å². The van der Waals surface area contributed by atoms with Gasteiger partial charge in [0.05, 0.1) is 5.56 Å². The first-order chi connectivity index (χ1) is 14.3. The van der Waals surface area contributed by atoms with Crippen molar-refractivity contribution < 1.29 is 27.6 Å². The van der Waals surface area contributed by atoms with Crippen LogP contribution < -0.4 is 4.74 Å². The summed E-state index contributed by atoms with van der Waals surface area (Å²) in [6, 6.07) is 12.0. The van der Waals surface area contributed by atoms with Crippen molar-refractivity contribution in [3.63, 3.8) is 0 Å². The standard InChI is InChI=1S/C22H25F3N2O3/c1-4-13-30-26-16(3)21(27-29-5-2)18-9-11-20(12-10-18)28-15-17-7-6-8-19(14-17)22(23,24)25/h6-12,14H,4-5,13,15H2,1-3H3/b26-16+,27-21-. The third kappa shape index (κ3) is 7.09. The SMILES string of the molecule is CCCO/N=C(C)/C(=N/OCC)c1ccc(OCc2cccc(C(F)(F)F)c2)cc1. The summed E-state index contributed by atoms with van der Waals surface area (Å²) in [5, 5.41) is 8.16. The molecule has 2 rings (SSSR count). The van der Waals surface area contributed by atoms with Gasteiger partial charge in [0.2, 0.25) is 0 Å². The molecule has 0 bridgehead atoms. The minimum absolute atomic E-state index is 0.0223. The average Bonchev–Trinajstić information content (AvgIpc) is 2.73. The molecule has 0 fully saturated rings. The fourth-order valence-electron chi connectivity index (χ4n) is 2.45. The Morgan fingerprint density at radius 3 is 2.33 bits per heavy atom. The molecule has 162 valence electrons. The van der Waals surface area contributed by atoms with Gasteiger partial charge in [0.1, 0.15) is 37.0 Å². The molecule has 0 saturated carbocycles. The predicted molar refractivity (Wildman–Crippen MR) is 110 cm³/mol. The van der Waals surface area contributed by atoms with E-state index in [-0.39, 0.29) is 6.61 Å². The monoisotopic (exact) mass is 422 g/mol. The van der Waals surface area contributed by atoms with E-state index in [1.165, 1.54) is 6.07 Å². The minimum atomic E-state index is -4.38. The van der Waals surface area contributed by atoms with Gasteiger partial charge in [-0.1, -0.05) is 29.4 Å². The summed E-state index contributed by atoms with van der Waals surface area (Å²) in [4.78, 5) is 10.4. The fraction of sp³-hybridized carbons (Fsp3) is 0.364. The molecule has 0 spiro atoms. The van der Waals surface area contributed by atoms with Crippen LogP contribution >= 0.6 is 0 Å². The highest BCUT2D eigenvalue weighted by atomic mass is 19.4. The van der Waals surface area contributed by atoms with Crippen molar-refractivity contribution >= 4 is 11.4 Å². The Hall–Kier alpha value is -3.03. The molecule has 0 amide bonds. The van der Waals surface area contributed by atoms with Crippen molar-refractivity contribution in [3.8, 4) is 5.75 Å². The maximum Gasteiger partial charge on any atom is 0.416 e. The summed E-state index contributed by atoms with van der Waals surface area (Å²) in [5.74, 6) is 0.517. The van der Waals surface area contributed by atoms with Crippen molar-refractivity contribution in [2.45, 2.75) is 40.0 Å². The maximum atomic E-state index is 12.8. The van der Waals surface area contributed by atoms with E-state index >= 15 is 0 Å². The Morgan fingerprint density at radius 2 is 1.70 bits per heavy atom. The Morgan fingerprint density at radius 1 is 0.967 bits per heavy atom. The molecule has 0 aliphatic heterocycles. The number of halogens is 3. The van der Waals surface area contributed by atoms with Crippen LogP contribution in [-0.2, 0) is 22.5 Å². The van der Waals surface area contributed by atoms with E-state index in [1.807, 2.05) is 13.8 Å². The van der Waals surface area contributed by atoms with Gasteiger partial charge in [-0.05, 0) is 62.2 Å². The number of nitrogens with zero attached hydrogens (tertiary/aromatic N) is 2. The number of hydrogen-bond acceptors (Lipinski definition) is 5. The molecule has 0 aliphatic carbocycles. The normalized spacial score (nSPS) is 12.6. The summed E-state index contributed by atoms with van der Waals surface area (Å²) in [6.07, 6.45) is -3.54. The molecule has 0 saturated heterocycles. The molecule has 2 aromatic rings. The molecule has 0 aromatic heterocycles. The zero-order valence-electron chi connectivity index (χ0n) is 17.2. The first-order valence-electron chi connectivity index (χ1n) is 9.61. The number of rotatable bonds is 10. The Labute approximate surface area is 174 Å². The number of ether oxygens (including phenoxy) is 1. The summed E-state index contributed by atoms with van der Waals surface area (Å²) in [7, 11) is 0. The van der Waals surface area contributed by atoms with Crippen molar-refractivity contribution in [3.05, 3.63) is 65.2 Å². The van der Waals surface area contributed by atoms with E-state index in [0.717, 1.165) is 24.1 Å². The Kier molecular flexibility index (Phi) is 8.70. The minimum Gasteiger partial charge on any atom is -0.489 e. The van der Waals surface area contributed by atoms with Gasteiger partial charge in [0.25, 0.3) is 0 Å². The van der Waals surface area contributed by atoms with E-state index in [1.54, 1.807) is 37.3 Å². The third-order valence-electron chi connectivity index (χ3n) is 3.91. The number of oxime groups is 2. The second-order valence-corrected chi connectivity index (χ2v) is 6.38. The average molecular weight is 422 g/mol. The molecule has 0 N–H and O–H groups in total. The number of alkyl halides is 3. The van der Waals surface area contributed by atoms with Crippen LogP contribution in [0.1, 0.15) is 43.9 Å². The molecule has 0 heterocycles. The van der Waals surface area contributed by atoms with Crippen LogP contribution in [0.2, 0.25) is 0 Å². The highest BCUT2D eigenvalue weighted by Crippen LogP contribution is 2.29. The van der Waals surface area contributed by atoms with Gasteiger partial charge in [-0.15, -0.1) is 0 Å². The first kappa shape index (κ1) is 23.3. The molecule has 0 aliphatic rings. The molecular formula is C22H25F3N2O3. The molecule has 5 nitrogen and oxygen atoms in total. The van der Waals surface area contributed by atoms with Crippen LogP contribution in [0.3, 0.4) is 0 Å². The van der Waals surface area contributed by atoms with Gasteiger partial charge in [0.15, 0.2) is 0 Å². The lowest BCUT2D eigenvalue weighted by molar-refractivity contribution is -0.137. The molecule has 0 radical (unpaired) electrons.